The fraction of sp³-hybridized carbons (Fsp3) is 0.565. The molecule has 2 fully saturated rings. The van der Waals surface area contributed by atoms with Gasteiger partial charge in [-0.1, -0.05) is 36.8 Å². The lowest BCUT2D eigenvalue weighted by molar-refractivity contribution is -0.147. The zero-order valence-electron chi connectivity index (χ0n) is 19.3. The number of hydroxylamine groups is 1. The van der Waals surface area contributed by atoms with Gasteiger partial charge >= 0.3 is 6.03 Å². The minimum Gasteiger partial charge on any atom is -0.328 e. The Morgan fingerprint density at radius 1 is 1.12 bits per heavy atom. The fourth-order valence-corrected chi connectivity index (χ4v) is 4.34. The summed E-state index contributed by atoms with van der Waals surface area (Å²) in [5.41, 5.74) is 2.17. The molecule has 1 aromatic carbocycles. The predicted molar refractivity (Wildman–Crippen MR) is 117 cm³/mol. The number of likely N-dealkylation sites (tertiary alicyclic amines) is 1. The number of urea groups is 1. The third kappa shape index (κ3) is 4.09. The van der Waals surface area contributed by atoms with Crippen LogP contribution in [-0.4, -0.2) is 75.4 Å². The van der Waals surface area contributed by atoms with Gasteiger partial charge in [-0.15, -0.1) is 0 Å². The highest BCUT2D eigenvalue weighted by atomic mass is 16.5. The molecule has 1 aromatic rings. The Hall–Kier alpha value is -2.94. The first kappa shape index (κ1) is 23.7. The van der Waals surface area contributed by atoms with Crippen LogP contribution in [0.2, 0.25) is 0 Å². The van der Waals surface area contributed by atoms with Gasteiger partial charge in [-0.2, -0.15) is 0 Å². The standard InChI is InChI=1S/C23H32N4O5/c1-15-6-8-16(9-7-15)10-11-23(4)12-13-26(20(23)30)17(18(28)24-32)14-27-19(29)22(2,3)25(5)21(27)31/h6-9,17,32H,10-14H2,1-5H3,(H,24,28)/t17-,23?/m1/s1. The largest absolute Gasteiger partial charge is 0.328 e. The molecule has 1 unspecified atom stereocenters. The number of hydrogen-bond acceptors (Lipinski definition) is 5. The molecule has 174 valence electrons. The number of imide groups is 1. The molecule has 32 heavy (non-hydrogen) atoms. The van der Waals surface area contributed by atoms with Gasteiger partial charge in [-0.05, 0) is 45.6 Å². The molecule has 0 spiro atoms. The lowest BCUT2D eigenvalue weighted by Gasteiger charge is -2.31. The van der Waals surface area contributed by atoms with Crippen molar-refractivity contribution in [3.63, 3.8) is 0 Å². The fourth-order valence-electron chi connectivity index (χ4n) is 4.34. The number of carbonyl (C=O) groups excluding carboxylic acids is 4. The third-order valence-corrected chi connectivity index (χ3v) is 7.04. The van der Waals surface area contributed by atoms with Crippen molar-refractivity contribution in [3.8, 4) is 0 Å². The molecule has 5 amide bonds. The normalized spacial score (nSPS) is 23.8. The van der Waals surface area contributed by atoms with Crippen LogP contribution >= 0.6 is 0 Å². The van der Waals surface area contributed by atoms with Crippen LogP contribution in [0.5, 0.6) is 0 Å². The Bertz CT molecular complexity index is 929. The van der Waals surface area contributed by atoms with E-state index in [2.05, 4.69) is 0 Å². The predicted octanol–water partition coefficient (Wildman–Crippen LogP) is 1.71. The first-order valence-corrected chi connectivity index (χ1v) is 10.8. The maximum absolute atomic E-state index is 13.4. The molecule has 3 rings (SSSR count). The minimum atomic E-state index is -1.16. The van der Waals surface area contributed by atoms with Gasteiger partial charge in [0.15, 0.2) is 0 Å². The van der Waals surface area contributed by atoms with E-state index in [1.807, 2.05) is 38.1 Å². The maximum atomic E-state index is 13.4. The number of carbonyl (C=O) groups is 4. The van der Waals surface area contributed by atoms with Crippen molar-refractivity contribution in [1.29, 1.82) is 0 Å². The van der Waals surface area contributed by atoms with Crippen molar-refractivity contribution in [2.45, 2.75) is 58.5 Å². The summed E-state index contributed by atoms with van der Waals surface area (Å²) < 4.78 is 0. The first-order valence-electron chi connectivity index (χ1n) is 10.8. The van der Waals surface area contributed by atoms with E-state index >= 15 is 0 Å². The molecule has 9 heteroatoms. The van der Waals surface area contributed by atoms with Crippen molar-refractivity contribution >= 4 is 23.8 Å². The molecule has 0 radical (unpaired) electrons. The first-order chi connectivity index (χ1) is 14.9. The maximum Gasteiger partial charge on any atom is 0.327 e. The number of likely N-dealkylation sites (N-methyl/N-ethyl adjacent to an activating group) is 1. The van der Waals surface area contributed by atoms with Crippen LogP contribution in [0.1, 0.15) is 44.7 Å². The highest BCUT2D eigenvalue weighted by Crippen LogP contribution is 2.37. The molecule has 2 aliphatic heterocycles. The summed E-state index contributed by atoms with van der Waals surface area (Å²) in [7, 11) is 1.52. The van der Waals surface area contributed by atoms with E-state index in [0.717, 1.165) is 16.9 Å². The van der Waals surface area contributed by atoms with E-state index in [4.69, 9.17) is 0 Å². The van der Waals surface area contributed by atoms with E-state index < -0.39 is 34.8 Å². The molecule has 2 saturated heterocycles. The van der Waals surface area contributed by atoms with Crippen LogP contribution in [0.15, 0.2) is 24.3 Å². The number of hydrogen-bond donors (Lipinski definition) is 2. The van der Waals surface area contributed by atoms with Gasteiger partial charge in [0.25, 0.3) is 11.8 Å². The zero-order valence-corrected chi connectivity index (χ0v) is 19.3. The van der Waals surface area contributed by atoms with Gasteiger partial charge in [0.05, 0.1) is 6.54 Å². The Morgan fingerprint density at radius 3 is 2.28 bits per heavy atom. The van der Waals surface area contributed by atoms with Gasteiger partial charge in [0.1, 0.15) is 11.6 Å². The molecule has 0 aliphatic carbocycles. The summed E-state index contributed by atoms with van der Waals surface area (Å²) in [4.78, 5) is 54.9. The van der Waals surface area contributed by atoms with E-state index in [1.165, 1.54) is 22.4 Å². The topological polar surface area (TPSA) is 110 Å². The second-order valence-electron chi connectivity index (χ2n) is 9.60. The average Bonchev–Trinajstić information content (AvgIpc) is 3.13. The van der Waals surface area contributed by atoms with Crippen molar-refractivity contribution in [2.24, 2.45) is 5.41 Å². The molecule has 2 heterocycles. The van der Waals surface area contributed by atoms with Crippen LogP contribution in [-0.2, 0) is 20.8 Å². The summed E-state index contributed by atoms with van der Waals surface area (Å²) in [5.74, 6) is -1.49. The van der Waals surface area contributed by atoms with E-state index in [9.17, 15) is 24.4 Å². The monoisotopic (exact) mass is 444 g/mol. The van der Waals surface area contributed by atoms with Gasteiger partial charge in [0.2, 0.25) is 5.91 Å². The highest BCUT2D eigenvalue weighted by molar-refractivity contribution is 6.07. The summed E-state index contributed by atoms with van der Waals surface area (Å²) in [5, 5.41) is 9.28. The van der Waals surface area contributed by atoms with E-state index in [1.54, 1.807) is 19.3 Å². The number of rotatable bonds is 7. The SMILES string of the molecule is Cc1ccc(CCC2(C)CCN([C@H](CN3C(=O)N(C)C(C)(C)C3=O)C(=O)NO)C2=O)cc1. The molecule has 2 atom stereocenters. The second kappa shape index (κ2) is 8.54. The molecule has 2 aliphatic rings. The van der Waals surface area contributed by atoms with E-state index in [0.29, 0.717) is 19.4 Å². The Labute approximate surface area is 188 Å². The molecule has 0 bridgehead atoms. The number of nitrogens with zero attached hydrogens (tertiary/aromatic N) is 3. The van der Waals surface area contributed by atoms with Crippen LogP contribution in [0.3, 0.4) is 0 Å². The lowest BCUT2D eigenvalue weighted by Crippen LogP contribution is -2.55. The average molecular weight is 445 g/mol. The zero-order chi connectivity index (χ0) is 23.8. The highest BCUT2D eigenvalue weighted by Gasteiger charge is 2.52. The van der Waals surface area contributed by atoms with Gasteiger partial charge in [-0.3, -0.25) is 24.5 Å². The van der Waals surface area contributed by atoms with Crippen molar-refractivity contribution in [1.82, 2.24) is 20.2 Å². The van der Waals surface area contributed by atoms with Gasteiger partial charge in [-0.25, -0.2) is 10.3 Å². The molecule has 2 N–H and O–H groups in total. The summed E-state index contributed by atoms with van der Waals surface area (Å²) in [6.07, 6.45) is 1.87. The molecular weight excluding hydrogens is 412 g/mol. The van der Waals surface area contributed by atoms with Gasteiger partial charge in [0, 0.05) is 19.0 Å². The van der Waals surface area contributed by atoms with Gasteiger partial charge < -0.3 is 9.80 Å². The summed E-state index contributed by atoms with van der Waals surface area (Å²) in [6.45, 7) is 7.13. The molecule has 9 nitrogen and oxygen atoms in total. The van der Waals surface area contributed by atoms with Crippen LogP contribution < -0.4 is 5.48 Å². The number of aryl methyl sites for hydroxylation is 2. The molecule has 0 saturated carbocycles. The molecular formula is C23H32N4O5. The quantitative estimate of drug-likeness (QED) is 0.378. The van der Waals surface area contributed by atoms with Crippen LogP contribution in [0.4, 0.5) is 4.79 Å². The van der Waals surface area contributed by atoms with E-state index in [-0.39, 0.29) is 12.5 Å². The molecule has 0 aromatic heterocycles. The van der Waals surface area contributed by atoms with Crippen molar-refractivity contribution in [2.75, 3.05) is 20.1 Å². The second-order valence-corrected chi connectivity index (χ2v) is 9.60. The lowest BCUT2D eigenvalue weighted by atomic mass is 9.82. The number of benzene rings is 1. The van der Waals surface area contributed by atoms with Crippen LogP contribution in [0, 0.1) is 12.3 Å². The Morgan fingerprint density at radius 2 is 1.75 bits per heavy atom. The number of nitrogens with one attached hydrogen (secondary N) is 1. The van der Waals surface area contributed by atoms with Crippen LogP contribution in [0.25, 0.3) is 0 Å². The van der Waals surface area contributed by atoms with Crippen molar-refractivity contribution in [3.05, 3.63) is 35.4 Å². The minimum absolute atomic E-state index is 0.218. The Balaban J connectivity index is 1.76. The van der Waals surface area contributed by atoms with Crippen molar-refractivity contribution < 1.29 is 24.4 Å². The third-order valence-electron chi connectivity index (χ3n) is 7.04. The Kier molecular flexibility index (Phi) is 6.33. The summed E-state index contributed by atoms with van der Waals surface area (Å²) in [6, 6.07) is 6.45. The number of amides is 5. The summed E-state index contributed by atoms with van der Waals surface area (Å²) >= 11 is 0. The smallest absolute Gasteiger partial charge is 0.327 e.